The minimum absolute atomic E-state index is 0.252. The number of aromatic nitrogens is 2. The van der Waals surface area contributed by atoms with Crippen LogP contribution in [0.2, 0.25) is 0 Å². The highest BCUT2D eigenvalue weighted by atomic mass is 19.4. The molecule has 0 atom stereocenters. The van der Waals surface area contributed by atoms with E-state index in [1.807, 2.05) is 12.1 Å². The fourth-order valence-corrected chi connectivity index (χ4v) is 3.94. The Labute approximate surface area is 173 Å². The highest BCUT2D eigenvalue weighted by molar-refractivity contribution is 5.78. The number of hydrogen-bond donors (Lipinski definition) is 2. The van der Waals surface area contributed by atoms with Crippen molar-refractivity contribution >= 4 is 11.0 Å². The Balaban J connectivity index is 1.42. The second-order valence-corrected chi connectivity index (χ2v) is 8.83. The van der Waals surface area contributed by atoms with Gasteiger partial charge in [-0.15, -0.1) is 0 Å². The van der Waals surface area contributed by atoms with Crippen molar-refractivity contribution in [2.24, 2.45) is 5.41 Å². The van der Waals surface area contributed by atoms with Crippen molar-refractivity contribution in [2.75, 3.05) is 0 Å². The van der Waals surface area contributed by atoms with E-state index >= 15 is 0 Å². The third-order valence-electron chi connectivity index (χ3n) is 5.91. The lowest BCUT2D eigenvalue weighted by Gasteiger charge is -2.34. The summed E-state index contributed by atoms with van der Waals surface area (Å²) in [5.41, 5.74) is 1.43. The Kier molecular flexibility index (Phi) is 5.49. The summed E-state index contributed by atoms with van der Waals surface area (Å²) >= 11 is 0. The van der Waals surface area contributed by atoms with Crippen LogP contribution in [-0.4, -0.2) is 16.0 Å². The Hall–Kier alpha value is -2.54. The van der Waals surface area contributed by atoms with Crippen LogP contribution in [0.5, 0.6) is 11.5 Å². The standard InChI is InChI=1S/C23H26F3N3O/c1-22(2)9-7-16(8-10-22)27-13-15-3-5-17(6-4-15)30-21-12-20-19(28-14-29-20)11-18(21)23(24,25)26/h3-6,11-12,14,16,27H,7-10,13H2,1-2H3,(H,28,29). The van der Waals surface area contributed by atoms with Crippen LogP contribution in [0, 0.1) is 5.41 Å². The number of nitrogens with zero attached hydrogens (tertiary/aromatic N) is 1. The first-order valence-corrected chi connectivity index (χ1v) is 10.2. The molecule has 0 radical (unpaired) electrons. The number of nitrogens with one attached hydrogen (secondary N) is 2. The number of halogens is 3. The van der Waals surface area contributed by atoms with Crippen LogP contribution in [0.3, 0.4) is 0 Å². The molecule has 160 valence electrons. The monoisotopic (exact) mass is 417 g/mol. The zero-order valence-electron chi connectivity index (χ0n) is 17.1. The van der Waals surface area contributed by atoms with Gasteiger partial charge in [0.15, 0.2) is 0 Å². The SMILES string of the molecule is CC1(C)CCC(NCc2ccc(Oc3cc4nc[nH]c4cc3C(F)(F)F)cc2)CC1. The average Bonchev–Trinajstić information content (AvgIpc) is 3.14. The van der Waals surface area contributed by atoms with Crippen molar-refractivity contribution in [3.05, 3.63) is 53.9 Å². The molecule has 3 aromatic rings. The predicted molar refractivity (Wildman–Crippen MR) is 110 cm³/mol. The first-order valence-electron chi connectivity index (χ1n) is 10.2. The molecule has 1 aromatic heterocycles. The maximum atomic E-state index is 13.5. The fraction of sp³-hybridized carbons (Fsp3) is 0.435. The van der Waals surface area contributed by atoms with Gasteiger partial charge in [0.1, 0.15) is 17.1 Å². The number of fused-ring (bicyclic) bond motifs is 1. The van der Waals surface area contributed by atoms with Crippen molar-refractivity contribution in [1.82, 2.24) is 15.3 Å². The number of rotatable bonds is 5. The molecular formula is C23H26F3N3O. The van der Waals surface area contributed by atoms with E-state index in [2.05, 4.69) is 29.1 Å². The summed E-state index contributed by atoms with van der Waals surface area (Å²) in [5.74, 6) is 0.108. The van der Waals surface area contributed by atoms with E-state index in [9.17, 15) is 13.2 Å². The lowest BCUT2D eigenvalue weighted by molar-refractivity contribution is -0.138. The Morgan fingerprint density at radius 2 is 1.83 bits per heavy atom. The third-order valence-corrected chi connectivity index (χ3v) is 5.91. The number of H-pyrrole nitrogens is 1. The lowest BCUT2D eigenvalue weighted by Crippen LogP contribution is -2.35. The largest absolute Gasteiger partial charge is 0.457 e. The zero-order chi connectivity index (χ0) is 21.4. The first-order chi connectivity index (χ1) is 14.2. The molecule has 1 aliphatic rings. The van der Waals surface area contributed by atoms with Crippen molar-refractivity contribution in [3.8, 4) is 11.5 Å². The van der Waals surface area contributed by atoms with Crippen LogP contribution < -0.4 is 10.1 Å². The minimum Gasteiger partial charge on any atom is -0.457 e. The van der Waals surface area contributed by atoms with Gasteiger partial charge in [-0.05, 0) is 54.9 Å². The molecule has 0 amide bonds. The predicted octanol–water partition coefficient (Wildman–Crippen LogP) is 6.43. The second kappa shape index (κ2) is 7.95. The van der Waals surface area contributed by atoms with E-state index in [1.165, 1.54) is 38.1 Å². The Bertz CT molecular complexity index is 999. The summed E-state index contributed by atoms with van der Waals surface area (Å²) in [4.78, 5) is 6.73. The molecule has 1 saturated carbocycles. The molecule has 0 saturated heterocycles. The molecule has 30 heavy (non-hydrogen) atoms. The Morgan fingerprint density at radius 1 is 1.13 bits per heavy atom. The van der Waals surface area contributed by atoms with Crippen molar-refractivity contribution < 1.29 is 17.9 Å². The van der Waals surface area contributed by atoms with Gasteiger partial charge in [0.05, 0.1) is 17.4 Å². The number of aromatic amines is 1. The molecule has 0 unspecified atom stereocenters. The third kappa shape index (κ3) is 4.78. The van der Waals surface area contributed by atoms with E-state index in [0.717, 1.165) is 18.2 Å². The number of benzene rings is 2. The summed E-state index contributed by atoms with van der Waals surface area (Å²) in [6, 6.07) is 10.0. The molecule has 0 bridgehead atoms. The van der Waals surface area contributed by atoms with Gasteiger partial charge in [0.2, 0.25) is 0 Å². The maximum absolute atomic E-state index is 13.5. The van der Waals surface area contributed by atoms with E-state index < -0.39 is 11.7 Å². The highest BCUT2D eigenvalue weighted by Crippen LogP contribution is 2.40. The summed E-state index contributed by atoms with van der Waals surface area (Å²) < 4.78 is 45.9. The lowest BCUT2D eigenvalue weighted by atomic mass is 9.75. The van der Waals surface area contributed by atoms with E-state index in [-0.39, 0.29) is 5.75 Å². The van der Waals surface area contributed by atoms with Gasteiger partial charge in [0, 0.05) is 18.7 Å². The highest BCUT2D eigenvalue weighted by Gasteiger charge is 2.35. The van der Waals surface area contributed by atoms with Gasteiger partial charge < -0.3 is 15.0 Å². The second-order valence-electron chi connectivity index (χ2n) is 8.83. The molecule has 2 N–H and O–H groups in total. The van der Waals surface area contributed by atoms with E-state index in [1.54, 1.807) is 12.1 Å². The molecule has 4 nitrogen and oxygen atoms in total. The van der Waals surface area contributed by atoms with Crippen LogP contribution >= 0.6 is 0 Å². The van der Waals surface area contributed by atoms with Gasteiger partial charge in [-0.25, -0.2) is 4.98 Å². The quantitative estimate of drug-likeness (QED) is 0.503. The molecule has 0 spiro atoms. The van der Waals surface area contributed by atoms with Gasteiger partial charge in [-0.1, -0.05) is 26.0 Å². The Morgan fingerprint density at radius 3 is 2.50 bits per heavy atom. The summed E-state index contributed by atoms with van der Waals surface area (Å²) in [5, 5.41) is 3.59. The molecule has 4 rings (SSSR count). The zero-order valence-corrected chi connectivity index (χ0v) is 17.1. The molecule has 1 aliphatic carbocycles. The van der Waals surface area contributed by atoms with Gasteiger partial charge in [0.25, 0.3) is 0 Å². The molecule has 1 heterocycles. The first kappa shape index (κ1) is 20.7. The molecule has 7 heteroatoms. The van der Waals surface area contributed by atoms with E-state index in [4.69, 9.17) is 4.74 Å². The normalized spacial score (nSPS) is 17.4. The number of alkyl halides is 3. The van der Waals surface area contributed by atoms with Crippen molar-refractivity contribution in [3.63, 3.8) is 0 Å². The van der Waals surface area contributed by atoms with Crippen LogP contribution in [0.15, 0.2) is 42.7 Å². The van der Waals surface area contributed by atoms with Crippen LogP contribution in [0.1, 0.15) is 50.7 Å². The fourth-order valence-electron chi connectivity index (χ4n) is 3.94. The van der Waals surface area contributed by atoms with E-state index in [0.29, 0.717) is 28.2 Å². The van der Waals surface area contributed by atoms with Gasteiger partial charge in [-0.2, -0.15) is 13.2 Å². The number of hydrogen-bond acceptors (Lipinski definition) is 3. The van der Waals surface area contributed by atoms with Crippen LogP contribution in [-0.2, 0) is 12.7 Å². The maximum Gasteiger partial charge on any atom is 0.420 e. The summed E-state index contributed by atoms with van der Waals surface area (Å²) in [6.07, 6.45) is 1.63. The summed E-state index contributed by atoms with van der Waals surface area (Å²) in [7, 11) is 0. The van der Waals surface area contributed by atoms with Crippen molar-refractivity contribution in [1.29, 1.82) is 0 Å². The smallest absolute Gasteiger partial charge is 0.420 e. The van der Waals surface area contributed by atoms with Crippen LogP contribution in [0.25, 0.3) is 11.0 Å². The van der Waals surface area contributed by atoms with Gasteiger partial charge >= 0.3 is 6.18 Å². The van der Waals surface area contributed by atoms with Gasteiger partial charge in [-0.3, -0.25) is 0 Å². The number of ether oxygens (including phenoxy) is 1. The van der Waals surface area contributed by atoms with Crippen LogP contribution in [0.4, 0.5) is 13.2 Å². The topological polar surface area (TPSA) is 49.9 Å². The van der Waals surface area contributed by atoms with Crippen molar-refractivity contribution in [2.45, 2.75) is 58.3 Å². The number of imidazole rings is 1. The minimum atomic E-state index is -4.52. The molecule has 2 aromatic carbocycles. The summed E-state index contributed by atoms with van der Waals surface area (Å²) in [6.45, 7) is 5.37. The molecule has 0 aliphatic heterocycles. The molecular weight excluding hydrogens is 391 g/mol. The average molecular weight is 417 g/mol. The molecule has 1 fully saturated rings.